The Hall–Kier alpha value is -7.41. The molecule has 0 saturated heterocycles. The van der Waals surface area contributed by atoms with Crippen LogP contribution in [0.15, 0.2) is 85.5 Å². The number of nitrogens with two attached hydrogens (primary N) is 5. The first kappa shape index (κ1) is 71.6. The molecule has 24 nitrogen and oxygen atoms in total. The fourth-order valence-electron chi connectivity index (χ4n) is 7.60. The number of thioether (sulfide) groups is 1. The topological polar surface area (TPSA) is 409 Å². The molecule has 18 N–H and O–H groups in total. The number of nitrogens with zero attached hydrogens (tertiary/aromatic N) is 2. The summed E-state index contributed by atoms with van der Waals surface area (Å²) in [6, 6.07) is -4.40. The number of aliphatic imine (C=N–C) groups is 2. The Balaban J connectivity index is 3.05. The first-order valence-corrected chi connectivity index (χ1v) is 28.5. The Morgan fingerprint density at radius 3 is 1.58 bits per heavy atom. The van der Waals surface area contributed by atoms with Crippen molar-refractivity contribution in [3.63, 3.8) is 0 Å². The van der Waals surface area contributed by atoms with Gasteiger partial charge in [-0.3, -0.25) is 48.3 Å². The highest BCUT2D eigenvalue weighted by atomic mass is 32.2. The van der Waals surface area contributed by atoms with Crippen LogP contribution in [0.25, 0.3) is 6.08 Å². The maximum absolute atomic E-state index is 14.1. The standard InChI is InChI=1S/C56H92N14O10S/c1-36(2)16-10-17-37(3)18-11-19-38(4)20-12-21-39(5)28-33-81-35-47(49(57)74)70-53(78)45(25-14-31-64-56(60)61)67-52(77)44(24-13-30-63-55(58)59)68-54(79)46(34-71)69-50(75)40(6)65-51(76)43(66-41(7)72)23-8-9-29-62-48(73)27-26-42-22-15-32-80-42/h15-16,18,20,22,26-28,32,40,43-47,71H,8-14,17,19,21,23-25,29-31,33-35H2,1-7H3,(H2,57,74)(H,62,73)(H,65,76)(H,66,72)(H,67,77)(H,68,79)(H,69,75)(H,70,78)(H4,58,59,63)(H4,60,61,64)/b27-26+,37-18+,38-20+,39-28+/t40-,43-,44-,45-,46-,47-/m0/s1. The van der Waals surface area contributed by atoms with Crippen molar-refractivity contribution in [2.45, 2.75) is 168 Å². The monoisotopic (exact) mass is 1150 g/mol. The number of furan rings is 1. The molecule has 8 amide bonds. The number of primary amides is 1. The molecular formula is C56H92N14O10S. The third kappa shape index (κ3) is 35.0. The second-order valence-electron chi connectivity index (χ2n) is 19.9. The first-order chi connectivity index (χ1) is 38.4. The van der Waals surface area contributed by atoms with E-state index >= 15 is 0 Å². The lowest BCUT2D eigenvalue weighted by Crippen LogP contribution is -2.60. The number of hydrogen-bond donors (Lipinski definition) is 13. The number of carbonyl (C=O) groups is 8. The second kappa shape index (κ2) is 41.6. The smallest absolute Gasteiger partial charge is 0.245 e. The number of hydrogen-bond acceptors (Lipinski definition) is 13. The molecule has 0 unspecified atom stereocenters. The highest BCUT2D eigenvalue weighted by Gasteiger charge is 2.32. The summed E-state index contributed by atoms with van der Waals surface area (Å²) in [5.74, 6) is -5.07. The number of allylic oxidation sites excluding steroid dienone is 7. The Bertz CT molecular complexity index is 2370. The zero-order chi connectivity index (χ0) is 60.7. The Morgan fingerprint density at radius 2 is 1.09 bits per heavy atom. The largest absolute Gasteiger partial charge is 0.465 e. The number of unbranched alkanes of at least 4 members (excludes halogenated alkanes) is 1. The summed E-state index contributed by atoms with van der Waals surface area (Å²) in [6.45, 7) is 12.6. The van der Waals surface area contributed by atoms with Crippen LogP contribution in [0.4, 0.5) is 0 Å². The third-order valence-corrected chi connectivity index (χ3v) is 13.2. The van der Waals surface area contributed by atoms with Gasteiger partial charge in [0.05, 0.1) is 12.9 Å². The van der Waals surface area contributed by atoms with Crippen LogP contribution in [0.3, 0.4) is 0 Å². The predicted molar refractivity (Wildman–Crippen MR) is 319 cm³/mol. The summed E-state index contributed by atoms with van der Waals surface area (Å²) in [6.07, 6.45) is 20.4. The summed E-state index contributed by atoms with van der Waals surface area (Å²) >= 11 is 1.39. The van der Waals surface area contributed by atoms with E-state index in [1.54, 1.807) is 12.1 Å². The highest BCUT2D eigenvalue weighted by Crippen LogP contribution is 2.15. The van der Waals surface area contributed by atoms with E-state index in [1.807, 2.05) is 6.92 Å². The van der Waals surface area contributed by atoms with Crippen LogP contribution in [0, 0.1) is 0 Å². The van der Waals surface area contributed by atoms with Crippen molar-refractivity contribution in [3.8, 4) is 0 Å². The van der Waals surface area contributed by atoms with Gasteiger partial charge < -0.3 is 75.4 Å². The van der Waals surface area contributed by atoms with E-state index in [9.17, 15) is 43.5 Å². The Kier molecular flexibility index (Phi) is 36.8. The average Bonchev–Trinajstić information content (AvgIpc) is 3.92. The minimum absolute atomic E-state index is 0.0180. The van der Waals surface area contributed by atoms with Crippen LogP contribution >= 0.6 is 11.8 Å². The van der Waals surface area contributed by atoms with Gasteiger partial charge in [0.15, 0.2) is 11.9 Å². The number of rotatable bonds is 41. The van der Waals surface area contributed by atoms with Gasteiger partial charge in [-0.1, -0.05) is 46.6 Å². The molecular weight excluding hydrogens is 1060 g/mol. The van der Waals surface area contributed by atoms with E-state index in [2.05, 4.69) is 99.2 Å². The van der Waals surface area contributed by atoms with Crippen molar-refractivity contribution < 1.29 is 47.9 Å². The Labute approximate surface area is 481 Å². The van der Waals surface area contributed by atoms with E-state index in [4.69, 9.17) is 33.1 Å². The molecule has 0 saturated carbocycles. The van der Waals surface area contributed by atoms with Gasteiger partial charge in [0, 0.05) is 44.1 Å². The maximum atomic E-state index is 14.1. The number of guanidine groups is 2. The van der Waals surface area contributed by atoms with Gasteiger partial charge in [-0.25, -0.2) is 0 Å². The lowest BCUT2D eigenvalue weighted by atomic mass is 10.0. The van der Waals surface area contributed by atoms with Crippen molar-refractivity contribution in [2.24, 2.45) is 38.7 Å². The van der Waals surface area contributed by atoms with Crippen LogP contribution in [0.2, 0.25) is 0 Å². The quantitative estimate of drug-likeness (QED) is 0.0147. The van der Waals surface area contributed by atoms with Gasteiger partial charge in [0.25, 0.3) is 0 Å². The molecule has 25 heteroatoms. The molecule has 1 rings (SSSR count). The van der Waals surface area contributed by atoms with Crippen LogP contribution in [0.5, 0.6) is 0 Å². The van der Waals surface area contributed by atoms with Gasteiger partial charge in [-0.15, -0.1) is 0 Å². The molecule has 0 spiro atoms. The fourth-order valence-corrected chi connectivity index (χ4v) is 8.63. The number of aliphatic hydroxyl groups excluding tert-OH is 1. The minimum atomic E-state index is -1.64. The van der Waals surface area contributed by atoms with E-state index < -0.39 is 84.2 Å². The molecule has 6 atom stereocenters. The van der Waals surface area contributed by atoms with E-state index in [0.29, 0.717) is 24.4 Å². The summed E-state index contributed by atoms with van der Waals surface area (Å²) in [4.78, 5) is 113. The zero-order valence-corrected chi connectivity index (χ0v) is 49.2. The van der Waals surface area contributed by atoms with Crippen LogP contribution in [-0.2, 0) is 38.4 Å². The van der Waals surface area contributed by atoms with Crippen molar-refractivity contribution in [3.05, 3.63) is 76.8 Å². The molecule has 0 aromatic carbocycles. The zero-order valence-electron chi connectivity index (χ0n) is 48.4. The van der Waals surface area contributed by atoms with Crippen molar-refractivity contribution in [1.29, 1.82) is 0 Å². The van der Waals surface area contributed by atoms with Gasteiger partial charge in [0.2, 0.25) is 47.3 Å². The molecule has 0 aliphatic carbocycles. The molecule has 452 valence electrons. The highest BCUT2D eigenvalue weighted by molar-refractivity contribution is 7.99. The fraction of sp³-hybridized carbons (Fsp3) is 0.571. The number of aliphatic hydroxyl groups is 1. The summed E-state index contributed by atoms with van der Waals surface area (Å²) in [5, 5.41) is 28.2. The molecule has 81 heavy (non-hydrogen) atoms. The second-order valence-corrected chi connectivity index (χ2v) is 21.0. The van der Waals surface area contributed by atoms with Gasteiger partial charge in [0.1, 0.15) is 42.0 Å². The van der Waals surface area contributed by atoms with Crippen molar-refractivity contribution >= 4 is 77.0 Å². The molecule has 0 aliphatic heterocycles. The number of amides is 8. The average molecular weight is 1150 g/mol. The Morgan fingerprint density at radius 1 is 0.605 bits per heavy atom. The van der Waals surface area contributed by atoms with Crippen LogP contribution < -0.4 is 65.9 Å². The predicted octanol–water partition coefficient (Wildman–Crippen LogP) is 1.99. The molecule has 0 fully saturated rings. The normalized spacial score (nSPS) is 14.0. The van der Waals surface area contributed by atoms with E-state index in [-0.39, 0.29) is 75.3 Å². The van der Waals surface area contributed by atoms with Gasteiger partial charge in [-0.2, -0.15) is 11.8 Å². The van der Waals surface area contributed by atoms with E-state index in [0.717, 1.165) is 38.5 Å². The first-order valence-electron chi connectivity index (χ1n) is 27.4. The van der Waals surface area contributed by atoms with Crippen LogP contribution in [-0.4, -0.2) is 138 Å². The minimum Gasteiger partial charge on any atom is -0.465 e. The van der Waals surface area contributed by atoms with Crippen LogP contribution in [0.1, 0.15) is 138 Å². The molecule has 1 heterocycles. The van der Waals surface area contributed by atoms with E-state index in [1.165, 1.54) is 66.3 Å². The third-order valence-electron chi connectivity index (χ3n) is 12.2. The van der Waals surface area contributed by atoms with Crippen molar-refractivity contribution in [1.82, 2.24) is 37.2 Å². The SMILES string of the molecule is CC(=O)N[C@@H](CCCCNC(=O)/C=C/c1ccco1)C(=O)N[C@@H](C)C(=O)N[C@@H](CO)C(=O)N[C@@H](CCCN=C(N)N)C(=O)N[C@@H](CCCN=C(N)N)C(=O)N[C@@H](CSC/C=C(\C)CC/C=C(\C)CC/C=C(\C)CCC=C(C)C)C(N)=O. The lowest BCUT2D eigenvalue weighted by Gasteiger charge is -2.26. The number of nitrogens with one attached hydrogen (secondary N) is 7. The van der Waals surface area contributed by atoms with Crippen molar-refractivity contribution in [2.75, 3.05) is 37.7 Å². The lowest BCUT2D eigenvalue weighted by molar-refractivity contribution is -0.135. The van der Waals surface area contributed by atoms with Gasteiger partial charge in [-0.05, 0) is 143 Å². The summed E-state index contributed by atoms with van der Waals surface area (Å²) in [7, 11) is 0. The maximum Gasteiger partial charge on any atom is 0.245 e. The molecule has 1 aromatic heterocycles. The summed E-state index contributed by atoms with van der Waals surface area (Å²) in [5.41, 5.74) is 33.0. The molecule has 1 aromatic rings. The van der Waals surface area contributed by atoms with Gasteiger partial charge >= 0.3 is 0 Å². The summed E-state index contributed by atoms with van der Waals surface area (Å²) < 4.78 is 5.16. The molecule has 0 radical (unpaired) electrons. The molecule has 0 bridgehead atoms. The molecule has 0 aliphatic rings. The number of carbonyl (C=O) groups excluding carboxylic acids is 8.